The van der Waals surface area contributed by atoms with Crippen LogP contribution in [0, 0.1) is 5.92 Å². The van der Waals surface area contributed by atoms with Crippen molar-refractivity contribution in [2.45, 2.75) is 33.1 Å². The van der Waals surface area contributed by atoms with E-state index >= 15 is 0 Å². The lowest BCUT2D eigenvalue weighted by Crippen LogP contribution is -2.33. The van der Waals surface area contributed by atoms with Gasteiger partial charge in [0.15, 0.2) is 0 Å². The molecule has 0 saturated carbocycles. The highest BCUT2D eigenvalue weighted by atomic mass is 79.9. The van der Waals surface area contributed by atoms with Crippen molar-refractivity contribution in [1.29, 1.82) is 0 Å². The van der Waals surface area contributed by atoms with Crippen molar-refractivity contribution in [3.05, 3.63) is 52.5 Å². The van der Waals surface area contributed by atoms with Gasteiger partial charge in [-0.05, 0) is 65.4 Å². The maximum absolute atomic E-state index is 13.0. The largest absolute Gasteiger partial charge is 0.357 e. The van der Waals surface area contributed by atoms with Gasteiger partial charge in [-0.25, -0.2) is 9.97 Å². The molecule has 3 aromatic rings. The highest BCUT2D eigenvalue weighted by Crippen LogP contribution is 2.23. The van der Waals surface area contributed by atoms with E-state index in [-0.39, 0.29) is 5.91 Å². The lowest BCUT2D eigenvalue weighted by molar-refractivity contribution is 0.102. The highest BCUT2D eigenvalue weighted by molar-refractivity contribution is 9.10. The van der Waals surface area contributed by atoms with Crippen LogP contribution in [0.3, 0.4) is 0 Å². The SMILES string of the molecule is CCc1nc2ccc(Br)cn2c1C(=O)Nc1ccc(N2CCC(C)CC2)nc1. The first kappa shape index (κ1) is 18.9. The molecule has 1 N–H and O–H groups in total. The number of aryl methyl sites for hydroxylation is 1. The fourth-order valence-electron chi connectivity index (χ4n) is 3.63. The zero-order valence-corrected chi connectivity index (χ0v) is 17.7. The number of aromatic nitrogens is 3. The van der Waals surface area contributed by atoms with Crippen LogP contribution < -0.4 is 10.2 Å². The zero-order chi connectivity index (χ0) is 19.7. The molecule has 1 aliphatic rings. The third kappa shape index (κ3) is 3.76. The Kier molecular flexibility index (Phi) is 5.35. The molecule has 3 aromatic heterocycles. The second kappa shape index (κ2) is 7.91. The quantitative estimate of drug-likeness (QED) is 0.645. The van der Waals surface area contributed by atoms with Crippen LogP contribution in [0.4, 0.5) is 11.5 Å². The molecule has 1 fully saturated rings. The number of fused-ring (bicyclic) bond motifs is 1. The summed E-state index contributed by atoms with van der Waals surface area (Å²) in [4.78, 5) is 24.4. The van der Waals surface area contributed by atoms with E-state index in [1.165, 1.54) is 12.8 Å². The number of nitrogens with zero attached hydrogens (tertiary/aromatic N) is 4. The maximum Gasteiger partial charge on any atom is 0.274 e. The van der Waals surface area contributed by atoms with E-state index in [0.717, 1.165) is 40.6 Å². The Morgan fingerprint density at radius 1 is 1.25 bits per heavy atom. The minimum Gasteiger partial charge on any atom is -0.357 e. The molecule has 4 rings (SSSR count). The van der Waals surface area contributed by atoms with Gasteiger partial charge in [0.2, 0.25) is 0 Å². The summed E-state index contributed by atoms with van der Waals surface area (Å²) >= 11 is 3.47. The monoisotopic (exact) mass is 441 g/mol. The molecule has 4 heterocycles. The number of hydrogen-bond donors (Lipinski definition) is 1. The number of halogens is 1. The van der Waals surface area contributed by atoms with Crippen LogP contribution in [0.2, 0.25) is 0 Å². The van der Waals surface area contributed by atoms with Gasteiger partial charge in [0.05, 0.1) is 17.6 Å². The Morgan fingerprint density at radius 3 is 2.71 bits per heavy atom. The molecule has 7 heteroatoms. The van der Waals surface area contributed by atoms with E-state index in [1.54, 1.807) is 6.20 Å². The molecule has 6 nitrogen and oxygen atoms in total. The fraction of sp³-hybridized carbons (Fsp3) is 0.381. The fourth-order valence-corrected chi connectivity index (χ4v) is 3.97. The lowest BCUT2D eigenvalue weighted by atomic mass is 9.99. The summed E-state index contributed by atoms with van der Waals surface area (Å²) in [6, 6.07) is 7.73. The molecule has 0 atom stereocenters. The van der Waals surface area contributed by atoms with Gasteiger partial charge in [-0.3, -0.25) is 9.20 Å². The van der Waals surface area contributed by atoms with Gasteiger partial charge < -0.3 is 10.2 Å². The average molecular weight is 442 g/mol. The maximum atomic E-state index is 13.0. The molecule has 0 unspecified atom stereocenters. The third-order valence-electron chi connectivity index (χ3n) is 5.32. The van der Waals surface area contributed by atoms with Crippen molar-refractivity contribution in [2.75, 3.05) is 23.3 Å². The van der Waals surface area contributed by atoms with Crippen LogP contribution in [-0.2, 0) is 6.42 Å². The molecule has 0 radical (unpaired) electrons. The number of nitrogens with one attached hydrogen (secondary N) is 1. The standard InChI is InChI=1S/C21H24BrN5O/c1-3-17-20(27-13-15(22)4-6-19(27)25-17)21(28)24-16-5-7-18(23-12-16)26-10-8-14(2)9-11-26/h4-7,12-14H,3,8-11H2,1-2H3,(H,24,28). The number of rotatable bonds is 4. The van der Waals surface area contributed by atoms with Crippen LogP contribution in [0.25, 0.3) is 5.65 Å². The summed E-state index contributed by atoms with van der Waals surface area (Å²) < 4.78 is 2.73. The molecule has 0 aliphatic carbocycles. The number of amides is 1. The van der Waals surface area contributed by atoms with Crippen molar-refractivity contribution in [3.63, 3.8) is 0 Å². The smallest absolute Gasteiger partial charge is 0.274 e. The van der Waals surface area contributed by atoms with Gasteiger partial charge in [0, 0.05) is 23.8 Å². The predicted octanol–water partition coefficient (Wildman–Crippen LogP) is 4.54. The van der Waals surface area contributed by atoms with E-state index in [2.05, 4.69) is 43.0 Å². The van der Waals surface area contributed by atoms with E-state index in [0.29, 0.717) is 17.8 Å². The van der Waals surface area contributed by atoms with E-state index in [1.807, 2.05) is 41.8 Å². The predicted molar refractivity (Wildman–Crippen MR) is 115 cm³/mol. The normalized spacial score (nSPS) is 15.2. The van der Waals surface area contributed by atoms with Crippen molar-refractivity contribution < 1.29 is 4.79 Å². The van der Waals surface area contributed by atoms with Crippen LogP contribution in [0.5, 0.6) is 0 Å². The first-order valence-corrected chi connectivity index (χ1v) is 10.5. The zero-order valence-electron chi connectivity index (χ0n) is 16.2. The minimum absolute atomic E-state index is 0.177. The molecular weight excluding hydrogens is 418 g/mol. The van der Waals surface area contributed by atoms with Crippen molar-refractivity contribution in [2.24, 2.45) is 5.92 Å². The summed E-state index contributed by atoms with van der Waals surface area (Å²) in [6.07, 6.45) is 6.69. The van der Waals surface area contributed by atoms with E-state index < -0.39 is 0 Å². The number of pyridine rings is 2. The van der Waals surface area contributed by atoms with Crippen LogP contribution in [0.1, 0.15) is 42.9 Å². The van der Waals surface area contributed by atoms with Gasteiger partial charge >= 0.3 is 0 Å². The summed E-state index contributed by atoms with van der Waals surface area (Å²) in [5.74, 6) is 1.58. The minimum atomic E-state index is -0.177. The number of anilines is 2. The Bertz CT molecular complexity index is 990. The Morgan fingerprint density at radius 2 is 2.04 bits per heavy atom. The van der Waals surface area contributed by atoms with Crippen LogP contribution in [0.15, 0.2) is 41.1 Å². The molecule has 0 spiro atoms. The van der Waals surface area contributed by atoms with Gasteiger partial charge in [-0.15, -0.1) is 0 Å². The molecule has 1 amide bonds. The Labute approximate surface area is 173 Å². The number of carbonyl (C=O) groups excluding carboxylic acids is 1. The van der Waals surface area contributed by atoms with Gasteiger partial charge in [0.1, 0.15) is 17.2 Å². The van der Waals surface area contributed by atoms with Gasteiger partial charge in [0.25, 0.3) is 5.91 Å². The van der Waals surface area contributed by atoms with E-state index in [9.17, 15) is 4.79 Å². The highest BCUT2D eigenvalue weighted by Gasteiger charge is 2.20. The molecule has 146 valence electrons. The molecule has 1 aliphatic heterocycles. The lowest BCUT2D eigenvalue weighted by Gasteiger charge is -2.31. The van der Waals surface area contributed by atoms with Crippen molar-refractivity contribution in [1.82, 2.24) is 14.4 Å². The second-order valence-corrected chi connectivity index (χ2v) is 8.28. The summed E-state index contributed by atoms with van der Waals surface area (Å²) in [5.41, 5.74) is 2.79. The summed E-state index contributed by atoms with van der Waals surface area (Å²) in [5, 5.41) is 2.97. The molecule has 28 heavy (non-hydrogen) atoms. The van der Waals surface area contributed by atoms with E-state index in [4.69, 9.17) is 0 Å². The van der Waals surface area contributed by atoms with Gasteiger partial charge in [-0.2, -0.15) is 0 Å². The first-order chi connectivity index (χ1) is 13.5. The average Bonchev–Trinajstić information content (AvgIpc) is 3.07. The van der Waals surface area contributed by atoms with Gasteiger partial charge in [-0.1, -0.05) is 13.8 Å². The summed E-state index contributed by atoms with van der Waals surface area (Å²) in [6.45, 7) is 6.38. The number of piperidine rings is 1. The number of imidazole rings is 1. The Balaban J connectivity index is 1.54. The third-order valence-corrected chi connectivity index (χ3v) is 5.79. The van der Waals surface area contributed by atoms with Crippen molar-refractivity contribution >= 4 is 39.0 Å². The molecule has 0 bridgehead atoms. The molecule has 1 saturated heterocycles. The topological polar surface area (TPSA) is 62.5 Å². The molecule has 0 aromatic carbocycles. The first-order valence-electron chi connectivity index (χ1n) is 9.74. The second-order valence-electron chi connectivity index (χ2n) is 7.36. The summed E-state index contributed by atoms with van der Waals surface area (Å²) in [7, 11) is 0. The van der Waals surface area contributed by atoms with Crippen LogP contribution >= 0.6 is 15.9 Å². The number of carbonyl (C=O) groups is 1. The Hall–Kier alpha value is -2.41. The van der Waals surface area contributed by atoms with Crippen LogP contribution in [-0.4, -0.2) is 33.4 Å². The molecular formula is C21H24BrN5O. The van der Waals surface area contributed by atoms with Crippen molar-refractivity contribution in [3.8, 4) is 0 Å². The number of hydrogen-bond acceptors (Lipinski definition) is 4.